The molecule has 0 bridgehead atoms. The van der Waals surface area contributed by atoms with Crippen molar-refractivity contribution in [2.45, 2.75) is 77.0 Å². The number of fused-ring (bicyclic) bond motifs is 4. The third-order valence-electron chi connectivity index (χ3n) is 20.7. The second-order valence-electron chi connectivity index (χ2n) is 29.9. The van der Waals surface area contributed by atoms with Gasteiger partial charge in [0.05, 0.1) is 39.8 Å². The van der Waals surface area contributed by atoms with E-state index in [0.717, 1.165) is 27.4 Å². The third kappa shape index (κ3) is 21.8. The van der Waals surface area contributed by atoms with Crippen LogP contribution in [-0.4, -0.2) is 158 Å². The minimum Gasteiger partial charge on any atom is -0.512 e. The number of carbonyl (C=O) groups excluding carboxylic acids is 13. The molecule has 0 saturated carbocycles. The molecule has 0 fully saturated rings. The summed E-state index contributed by atoms with van der Waals surface area (Å²) < 4.78 is 12.4. The molecule has 0 spiro atoms. The number of aromatic hydroxyl groups is 1. The molecule has 12 aromatic rings. The molecule has 9 N–H and O–H groups in total. The van der Waals surface area contributed by atoms with Crippen LogP contribution in [0.15, 0.2) is 141 Å². The number of aryl methyl sites for hydroxylation is 8. The van der Waals surface area contributed by atoms with Gasteiger partial charge in [-0.2, -0.15) is 0 Å². The number of benzene rings is 3. The van der Waals surface area contributed by atoms with Crippen molar-refractivity contribution in [3.63, 3.8) is 0 Å². The average molecular weight is 1780 g/mol. The van der Waals surface area contributed by atoms with Crippen LogP contribution in [0.2, 0.25) is 0 Å². The molecule has 1 unspecified atom stereocenters. The maximum absolute atomic E-state index is 14.1. The van der Waals surface area contributed by atoms with Crippen LogP contribution in [0.4, 0.5) is 34.4 Å². The van der Waals surface area contributed by atoms with E-state index in [4.69, 9.17) is 23.4 Å². The van der Waals surface area contributed by atoms with E-state index in [1.165, 1.54) is 78.9 Å². The molecule has 36 heteroatoms. The van der Waals surface area contributed by atoms with Crippen molar-refractivity contribution < 1.29 is 100 Å². The fourth-order valence-electron chi connectivity index (χ4n) is 15.0. The third-order valence-corrected chi connectivity index (χ3v) is 21.1. The van der Waals surface area contributed by atoms with Crippen molar-refractivity contribution in [3.05, 3.63) is 241 Å². The number of carbonyl (C=O) groups is 13. The molecule has 1 atom stereocenters. The van der Waals surface area contributed by atoms with Gasteiger partial charge >= 0.3 is 32.7 Å². The Hall–Kier alpha value is -13.6. The number of hydrogen-bond donors (Lipinski definition) is 9. The Morgan fingerprint density at radius 1 is 0.476 bits per heavy atom. The second kappa shape index (κ2) is 40.8. The summed E-state index contributed by atoms with van der Waals surface area (Å²) in [6, 6.07) is 25.9. The number of aromatic nitrogens is 11. The Morgan fingerprint density at radius 3 is 1.46 bits per heavy atom. The zero-order valence-corrected chi connectivity index (χ0v) is 73.9. The summed E-state index contributed by atoms with van der Waals surface area (Å²) >= 11 is 6.44. The molecule has 9 aromatic heterocycles. The molecule has 1 aliphatic rings. The number of aromatic amines is 1. The number of anilines is 6. The summed E-state index contributed by atoms with van der Waals surface area (Å²) in [5.41, 5.74) is 7.93. The van der Waals surface area contributed by atoms with Gasteiger partial charge in [0.15, 0.2) is 29.0 Å². The van der Waals surface area contributed by atoms with Gasteiger partial charge in [-0.1, -0.05) is 30.3 Å². The number of amides is 8. The van der Waals surface area contributed by atoms with Gasteiger partial charge in [0, 0.05) is 218 Å². The Morgan fingerprint density at radius 2 is 0.935 bits per heavy atom. The predicted octanol–water partition coefficient (Wildman–Crippen LogP) is 10.3. The van der Waals surface area contributed by atoms with Gasteiger partial charge in [0.25, 0.3) is 35.4 Å². The molecule has 10 heterocycles. The van der Waals surface area contributed by atoms with E-state index in [0.29, 0.717) is 87.2 Å². The molecule has 34 nitrogen and oxygen atoms in total. The van der Waals surface area contributed by atoms with Crippen LogP contribution in [0.5, 0.6) is 5.75 Å². The van der Waals surface area contributed by atoms with Gasteiger partial charge in [-0.15, -0.1) is 11.6 Å². The first-order chi connectivity index (χ1) is 57.8. The molecule has 13 rings (SSSR count). The molecule has 124 heavy (non-hydrogen) atoms. The van der Waals surface area contributed by atoms with Crippen LogP contribution in [0.25, 0.3) is 21.7 Å². The minimum absolute atomic E-state index is 0. The Labute approximate surface area is 744 Å². The Bertz CT molecular complexity index is 6190. The molecule has 640 valence electrons. The van der Waals surface area contributed by atoms with Crippen molar-refractivity contribution in [2.75, 3.05) is 57.0 Å². The topological polar surface area (TPSA) is 434 Å². The van der Waals surface area contributed by atoms with E-state index < -0.39 is 35.4 Å². The number of imidazole rings is 2. The fourth-order valence-corrected chi connectivity index (χ4v) is 15.3. The first-order valence-corrected chi connectivity index (χ1v) is 39.0. The summed E-state index contributed by atoms with van der Waals surface area (Å²) in [6.07, 6.45) is 13.7. The van der Waals surface area contributed by atoms with E-state index in [9.17, 15) is 67.4 Å². The number of Topliss-reactive ketones (excluding diaryl/α,β-unsaturated/α-hetero) is 5. The number of halogens is 1. The number of nitrogens with one attached hydrogen (secondary N) is 8. The number of nitrogens with zero attached hydrogens (tertiary/aromatic N) is 12. The number of alkyl halides is 1. The summed E-state index contributed by atoms with van der Waals surface area (Å²) in [6.45, 7) is 6.50. The zero-order valence-electron chi connectivity index (χ0n) is 70.3. The normalized spacial score (nSPS) is 11.9. The number of phenolic OH excluding ortho intramolecular Hbond substituents is 1. The van der Waals surface area contributed by atoms with E-state index in [2.05, 4.69) is 52.2 Å². The van der Waals surface area contributed by atoms with Gasteiger partial charge in [0.2, 0.25) is 23.5 Å². The summed E-state index contributed by atoms with van der Waals surface area (Å²) in [5.74, 6) is -4.17. The summed E-state index contributed by atoms with van der Waals surface area (Å²) in [7, 11) is 13.2. The average Bonchev–Trinajstić information content (AvgIpc) is 1.57. The number of phenols is 1. The molecule has 0 radical (unpaired) electrons. The molecule has 0 saturated heterocycles. The maximum Gasteiger partial charge on any atom is 3.00 e. The van der Waals surface area contributed by atoms with E-state index in [1.54, 1.807) is 124 Å². The predicted molar refractivity (Wildman–Crippen MR) is 463 cm³/mol. The molecular formula is C88H94ClN20O14Y. The van der Waals surface area contributed by atoms with Crippen LogP contribution in [0, 0.1) is 26.7 Å². The first-order valence-electron chi connectivity index (χ1n) is 38.5. The minimum atomic E-state index is -0.641. The van der Waals surface area contributed by atoms with Crippen molar-refractivity contribution >= 4 is 144 Å². The quantitative estimate of drug-likeness (QED) is 0.00783. The van der Waals surface area contributed by atoms with Crippen LogP contribution in [0.1, 0.15) is 174 Å². The van der Waals surface area contributed by atoms with Crippen LogP contribution in [0.3, 0.4) is 0 Å². The Kier molecular flexibility index (Phi) is 31.0. The van der Waals surface area contributed by atoms with Crippen LogP contribution in [-0.2, 0) is 134 Å². The van der Waals surface area contributed by atoms with Gasteiger partial charge < -0.3 is 115 Å². The zero-order chi connectivity index (χ0) is 86.9. The second-order valence-corrected chi connectivity index (χ2v) is 30.2. The van der Waals surface area contributed by atoms with Crippen molar-refractivity contribution in [1.29, 1.82) is 5.26 Å². The van der Waals surface area contributed by atoms with Crippen molar-refractivity contribution in [3.8, 4) is 5.75 Å². The van der Waals surface area contributed by atoms with Crippen LogP contribution >= 0.6 is 11.6 Å². The standard InChI is InChI=1S/C85H88ClN19O14.CN.2CH3.Y/c1-47(106)89-74-45-103(8)78(95-74)83(117)92-56-35-69(102(7)44-56)82(116)90-54-33-68(100(5)42-54)81(115)88-23-21-76(113)94-75-46-104(9)79(96-75)84(118)91-55-34-67(101(6)43-55)80(114)87-22-13-15-58(108)26-50-28-65(99(4)39-50)73(112)31-51-29-63(97(2)40-51)70(109)18-12-14-57(107)25-49-27-64(98(3)38-49)72(111)30-48-19-20-61-52(24-48)32-62(93-61)85(119)105-41-53(37-86)77-60-17-11-10-16-59(60)71(110)36-66(77)105;1-2;;;/h10-11,16-17,19-20,24,27-29,32-36,38-40,42-46,53,93,110H,12-15,18,21-23,25-26,30-31,37,41H2,1-9H3,(H,87,114)(H,88,115)(H,89,106)(H,90,116)(H,91,118)(H,92,117)(H,94,113);;2*1H3;/q;3*-1;+3. The molecular weight excluding hydrogens is 1690 g/mol. The fraction of sp³-hybridized carbons (Fsp3) is 0.273. The first kappa shape index (κ1) is 94.2. The van der Waals surface area contributed by atoms with Gasteiger partial charge in [0.1, 0.15) is 40.1 Å². The maximum atomic E-state index is 14.1. The molecule has 1 aliphatic heterocycles. The number of rotatable bonds is 34. The van der Waals surface area contributed by atoms with Gasteiger partial charge in [-0.3, -0.25) is 62.3 Å². The molecule has 0 aliphatic carbocycles. The van der Waals surface area contributed by atoms with Gasteiger partial charge in [-0.25, -0.2) is 9.97 Å². The monoisotopic (exact) mass is 1780 g/mol. The van der Waals surface area contributed by atoms with E-state index in [-0.39, 0.29) is 210 Å². The SMILES string of the molecule is CC(=O)Nc1cn(C)c(C(=O)Nc2cc(C(=O)Nc3cc(C(=O)NCCC(=O)Nc4cn(C)c(C(=O)Nc5cc(C(=O)NCCCC(=O)Cc6cc(C(=O)Cc7cc(C(=O)CCCC(=O)Cc8cc(C(=O)Cc9ccc%10[nH]c(C(=O)N%11CC(CCl)c%12c%11cc(O)c%11ccccc%12%11)cc%10c9)n(C)c8)n(C)c7)n(C)c6)n(C)c5)n4)n(C)c3)n(C)c2)n1.[C-]#N.[CH3-].[CH3-].[Y+3]. The van der Waals surface area contributed by atoms with Crippen molar-refractivity contribution in [1.82, 2.24) is 62.1 Å². The van der Waals surface area contributed by atoms with Crippen molar-refractivity contribution in [2.24, 2.45) is 56.4 Å². The molecule has 3 aromatic carbocycles. The summed E-state index contributed by atoms with van der Waals surface area (Å²) in [5, 5.41) is 38.2. The molecule has 8 amide bonds. The largest absolute Gasteiger partial charge is 3.00 e. The number of hydrogen-bond acceptors (Lipinski definition) is 17. The van der Waals surface area contributed by atoms with Crippen LogP contribution < -0.4 is 42.1 Å². The number of ketones is 5. The van der Waals surface area contributed by atoms with E-state index in [1.807, 2.05) is 42.5 Å². The summed E-state index contributed by atoms with van der Waals surface area (Å²) in [4.78, 5) is 186. The Balaban J connectivity index is 0.00000346. The van der Waals surface area contributed by atoms with Gasteiger partial charge in [-0.05, 0) is 101 Å². The van der Waals surface area contributed by atoms with E-state index >= 15 is 0 Å². The number of H-pyrrole nitrogens is 1. The smallest absolute Gasteiger partial charge is 0.512 e.